The minimum Gasteiger partial charge on any atom is -0.414 e. The van der Waals surface area contributed by atoms with E-state index in [1.807, 2.05) is 6.92 Å². The third-order valence-corrected chi connectivity index (χ3v) is 2.34. The molecule has 0 aliphatic heterocycles. The molecule has 0 aliphatic carbocycles. The number of pyridine rings is 1. The Balaban J connectivity index is 2.25. The van der Waals surface area contributed by atoms with Crippen molar-refractivity contribution in [3.05, 3.63) is 30.4 Å². The third kappa shape index (κ3) is 2.36. The van der Waals surface area contributed by atoms with Crippen LogP contribution < -0.4 is 5.73 Å². The summed E-state index contributed by atoms with van der Waals surface area (Å²) in [6.07, 6.45) is 3.75. The van der Waals surface area contributed by atoms with Crippen molar-refractivity contribution in [3.8, 4) is 11.5 Å². The summed E-state index contributed by atoms with van der Waals surface area (Å²) in [6.45, 7) is 1.82. The van der Waals surface area contributed by atoms with Gasteiger partial charge in [-0.25, -0.2) is 0 Å². The van der Waals surface area contributed by atoms with E-state index in [0.29, 0.717) is 12.3 Å². The molecule has 0 aromatic carbocycles. The smallest absolute Gasteiger partial charge is 0.285 e. The molecule has 2 aromatic rings. The summed E-state index contributed by atoms with van der Waals surface area (Å²) in [5.41, 5.74) is 6.33. The Morgan fingerprint density at radius 3 is 2.76 bits per heavy atom. The molecule has 6 nitrogen and oxygen atoms in total. The SMILES string of the molecule is CCC(N)C(=O)c1nnc(-c2ccncc2)o1. The van der Waals surface area contributed by atoms with Crippen LogP contribution >= 0.6 is 0 Å². The van der Waals surface area contributed by atoms with Gasteiger partial charge in [0.05, 0.1) is 6.04 Å². The lowest BCUT2D eigenvalue weighted by Crippen LogP contribution is -2.29. The van der Waals surface area contributed by atoms with E-state index in [-0.39, 0.29) is 11.7 Å². The van der Waals surface area contributed by atoms with Gasteiger partial charge in [0.2, 0.25) is 11.7 Å². The summed E-state index contributed by atoms with van der Waals surface area (Å²) in [4.78, 5) is 15.6. The molecule has 17 heavy (non-hydrogen) atoms. The van der Waals surface area contributed by atoms with Gasteiger partial charge in [-0.05, 0) is 18.6 Å². The highest BCUT2D eigenvalue weighted by Crippen LogP contribution is 2.16. The number of carbonyl (C=O) groups is 1. The lowest BCUT2D eigenvalue weighted by molar-refractivity contribution is 0.0926. The molecule has 0 aliphatic rings. The van der Waals surface area contributed by atoms with Crippen LogP contribution in [-0.2, 0) is 0 Å². The molecule has 2 aromatic heterocycles. The van der Waals surface area contributed by atoms with Crippen LogP contribution in [0.15, 0.2) is 28.9 Å². The minimum absolute atomic E-state index is 0.0498. The number of rotatable bonds is 4. The molecule has 6 heteroatoms. The largest absolute Gasteiger partial charge is 0.414 e. The molecule has 1 unspecified atom stereocenters. The summed E-state index contributed by atoms with van der Waals surface area (Å²) >= 11 is 0. The normalized spacial score (nSPS) is 12.4. The van der Waals surface area contributed by atoms with Crippen LogP contribution in [0.25, 0.3) is 11.5 Å². The zero-order chi connectivity index (χ0) is 12.3. The van der Waals surface area contributed by atoms with Gasteiger partial charge in [0.15, 0.2) is 0 Å². The average molecular weight is 232 g/mol. The number of hydrogen-bond acceptors (Lipinski definition) is 6. The highest BCUT2D eigenvalue weighted by Gasteiger charge is 2.20. The molecule has 88 valence electrons. The number of nitrogens with zero attached hydrogens (tertiary/aromatic N) is 3. The van der Waals surface area contributed by atoms with E-state index in [1.54, 1.807) is 24.5 Å². The number of carbonyl (C=O) groups excluding carboxylic acids is 1. The molecular weight excluding hydrogens is 220 g/mol. The van der Waals surface area contributed by atoms with Crippen molar-refractivity contribution in [2.45, 2.75) is 19.4 Å². The van der Waals surface area contributed by atoms with Crippen molar-refractivity contribution in [2.75, 3.05) is 0 Å². The lowest BCUT2D eigenvalue weighted by atomic mass is 10.1. The van der Waals surface area contributed by atoms with Gasteiger partial charge in [-0.2, -0.15) is 0 Å². The second-order valence-corrected chi connectivity index (χ2v) is 3.53. The molecule has 0 saturated heterocycles. The van der Waals surface area contributed by atoms with Crippen LogP contribution in [0.3, 0.4) is 0 Å². The number of hydrogen-bond donors (Lipinski definition) is 1. The highest BCUT2D eigenvalue weighted by atomic mass is 16.4. The second kappa shape index (κ2) is 4.84. The topological polar surface area (TPSA) is 94.9 Å². The summed E-state index contributed by atoms with van der Waals surface area (Å²) in [5.74, 6) is -0.0921. The van der Waals surface area contributed by atoms with Crippen molar-refractivity contribution < 1.29 is 9.21 Å². The van der Waals surface area contributed by atoms with E-state index in [0.717, 1.165) is 5.56 Å². The van der Waals surface area contributed by atoms with E-state index >= 15 is 0 Å². The fraction of sp³-hybridized carbons (Fsp3) is 0.273. The Kier molecular flexibility index (Phi) is 3.24. The van der Waals surface area contributed by atoms with Crippen LogP contribution in [0.1, 0.15) is 24.0 Å². The number of Topliss-reactive ketones (excluding diaryl/α,β-unsaturated/α-hetero) is 1. The first kappa shape index (κ1) is 11.4. The minimum atomic E-state index is -0.597. The molecule has 0 saturated carbocycles. The zero-order valence-corrected chi connectivity index (χ0v) is 9.33. The predicted molar refractivity (Wildman–Crippen MR) is 60.1 cm³/mol. The van der Waals surface area contributed by atoms with Crippen molar-refractivity contribution in [1.29, 1.82) is 0 Å². The van der Waals surface area contributed by atoms with Gasteiger partial charge in [-0.15, -0.1) is 10.2 Å². The fourth-order valence-corrected chi connectivity index (χ4v) is 1.28. The summed E-state index contributed by atoms with van der Waals surface area (Å²) in [6, 6.07) is 2.85. The third-order valence-electron chi connectivity index (χ3n) is 2.34. The maximum atomic E-state index is 11.7. The van der Waals surface area contributed by atoms with Gasteiger partial charge in [0, 0.05) is 18.0 Å². The molecule has 0 radical (unpaired) electrons. The summed E-state index contributed by atoms with van der Waals surface area (Å²) in [7, 11) is 0. The second-order valence-electron chi connectivity index (χ2n) is 3.53. The predicted octanol–water partition coefficient (Wildman–Crippen LogP) is 1.05. The fourth-order valence-electron chi connectivity index (χ4n) is 1.28. The van der Waals surface area contributed by atoms with Crippen LogP contribution in [0.2, 0.25) is 0 Å². The monoisotopic (exact) mass is 232 g/mol. The average Bonchev–Trinajstić information content (AvgIpc) is 2.87. The number of aromatic nitrogens is 3. The van der Waals surface area contributed by atoms with Crippen molar-refractivity contribution in [3.63, 3.8) is 0 Å². The molecule has 0 fully saturated rings. The lowest BCUT2D eigenvalue weighted by Gasteiger charge is -2.01. The van der Waals surface area contributed by atoms with Gasteiger partial charge >= 0.3 is 0 Å². The quantitative estimate of drug-likeness (QED) is 0.791. The van der Waals surface area contributed by atoms with E-state index in [2.05, 4.69) is 15.2 Å². The van der Waals surface area contributed by atoms with Gasteiger partial charge in [-0.3, -0.25) is 9.78 Å². The molecule has 2 rings (SSSR count). The number of ketones is 1. The number of nitrogens with two attached hydrogens (primary N) is 1. The first-order chi connectivity index (χ1) is 8.22. The molecule has 1 atom stereocenters. The van der Waals surface area contributed by atoms with Crippen molar-refractivity contribution >= 4 is 5.78 Å². The molecule has 0 amide bonds. The standard InChI is InChI=1S/C11H12N4O2/c1-2-8(12)9(16)11-15-14-10(17-11)7-3-5-13-6-4-7/h3-6,8H,2,12H2,1H3. The van der Waals surface area contributed by atoms with E-state index in [4.69, 9.17) is 10.2 Å². The maximum absolute atomic E-state index is 11.7. The molecule has 2 heterocycles. The summed E-state index contributed by atoms with van der Waals surface area (Å²) in [5, 5.41) is 7.50. The Hall–Kier alpha value is -2.08. The van der Waals surface area contributed by atoms with E-state index in [1.165, 1.54) is 0 Å². The molecule has 2 N–H and O–H groups in total. The van der Waals surface area contributed by atoms with E-state index < -0.39 is 6.04 Å². The molecule has 0 spiro atoms. The Morgan fingerprint density at radius 2 is 2.12 bits per heavy atom. The van der Waals surface area contributed by atoms with E-state index in [9.17, 15) is 4.79 Å². The maximum Gasteiger partial charge on any atom is 0.285 e. The van der Waals surface area contributed by atoms with Gasteiger partial charge < -0.3 is 10.2 Å². The Labute approximate surface area is 97.9 Å². The molecule has 0 bridgehead atoms. The zero-order valence-electron chi connectivity index (χ0n) is 9.33. The van der Waals surface area contributed by atoms with Crippen LogP contribution in [0.5, 0.6) is 0 Å². The van der Waals surface area contributed by atoms with Crippen molar-refractivity contribution in [1.82, 2.24) is 15.2 Å². The Bertz CT molecular complexity index is 509. The van der Waals surface area contributed by atoms with Gasteiger partial charge in [0.1, 0.15) is 0 Å². The first-order valence-electron chi connectivity index (χ1n) is 5.26. The molecular formula is C11H12N4O2. The first-order valence-corrected chi connectivity index (χ1v) is 5.26. The van der Waals surface area contributed by atoms with Crippen LogP contribution in [0.4, 0.5) is 0 Å². The van der Waals surface area contributed by atoms with Crippen LogP contribution in [0, 0.1) is 0 Å². The highest BCUT2D eigenvalue weighted by molar-refractivity contribution is 5.95. The van der Waals surface area contributed by atoms with Gasteiger partial charge in [0.25, 0.3) is 5.89 Å². The summed E-state index contributed by atoms with van der Waals surface area (Å²) < 4.78 is 5.27. The van der Waals surface area contributed by atoms with Crippen LogP contribution in [-0.4, -0.2) is 27.0 Å². The van der Waals surface area contributed by atoms with Gasteiger partial charge in [-0.1, -0.05) is 6.92 Å². The van der Waals surface area contributed by atoms with Crippen molar-refractivity contribution in [2.24, 2.45) is 5.73 Å². The Morgan fingerprint density at radius 1 is 1.41 bits per heavy atom.